The number of nitrogens with one attached hydrogen (secondary N) is 2. The maximum Gasteiger partial charge on any atom is 0.251 e. The maximum absolute atomic E-state index is 12.0. The Morgan fingerprint density at radius 1 is 1.56 bits per heavy atom. The van der Waals surface area contributed by atoms with Gasteiger partial charge in [-0.05, 0) is 36.1 Å². The van der Waals surface area contributed by atoms with Gasteiger partial charge in [0.25, 0.3) is 5.91 Å². The Bertz CT molecular complexity index is 538. The van der Waals surface area contributed by atoms with Crippen LogP contribution < -0.4 is 5.32 Å². The number of imidazole rings is 1. The van der Waals surface area contributed by atoms with E-state index in [9.17, 15) is 4.79 Å². The van der Waals surface area contributed by atoms with Gasteiger partial charge in [0, 0.05) is 12.1 Å². The van der Waals surface area contributed by atoms with Gasteiger partial charge in [-0.3, -0.25) is 4.79 Å². The number of thioether (sulfide) groups is 1. The first-order chi connectivity index (χ1) is 8.70. The highest BCUT2D eigenvalue weighted by atomic mass is 32.2. The molecule has 4 nitrogen and oxygen atoms in total. The van der Waals surface area contributed by atoms with Gasteiger partial charge in [-0.25, -0.2) is 4.98 Å². The van der Waals surface area contributed by atoms with Crippen molar-refractivity contribution < 1.29 is 4.79 Å². The van der Waals surface area contributed by atoms with Gasteiger partial charge >= 0.3 is 0 Å². The predicted molar refractivity (Wildman–Crippen MR) is 76.0 cm³/mol. The highest BCUT2D eigenvalue weighted by molar-refractivity contribution is 7.98. The third kappa shape index (κ3) is 3.04. The van der Waals surface area contributed by atoms with E-state index in [1.807, 2.05) is 12.1 Å². The van der Waals surface area contributed by atoms with E-state index in [2.05, 4.69) is 28.5 Å². The molecule has 1 aromatic carbocycles. The Labute approximate surface area is 111 Å². The average molecular weight is 263 g/mol. The van der Waals surface area contributed by atoms with Crippen molar-refractivity contribution in [3.05, 3.63) is 30.1 Å². The Hall–Kier alpha value is -1.49. The minimum absolute atomic E-state index is 0.0283. The summed E-state index contributed by atoms with van der Waals surface area (Å²) in [5, 5.41) is 2.95. The summed E-state index contributed by atoms with van der Waals surface area (Å²) in [4.78, 5) is 19.1. The number of benzene rings is 1. The number of carbonyl (C=O) groups excluding carboxylic acids is 1. The standard InChI is InChI=1S/C13H17N3OS/c1-9(7-18-2)6-14-13(17)10-3-4-11-12(5-10)16-8-15-11/h3-5,8-9H,6-7H2,1-2H3,(H,14,17)(H,15,16). The van der Waals surface area contributed by atoms with Crippen LogP contribution in [0.1, 0.15) is 17.3 Å². The molecule has 0 saturated heterocycles. The second kappa shape index (κ2) is 5.91. The number of aromatic nitrogens is 2. The number of rotatable bonds is 5. The predicted octanol–water partition coefficient (Wildman–Crippen LogP) is 2.29. The van der Waals surface area contributed by atoms with Gasteiger partial charge in [0.2, 0.25) is 0 Å². The van der Waals surface area contributed by atoms with E-state index < -0.39 is 0 Å². The molecular weight excluding hydrogens is 246 g/mol. The van der Waals surface area contributed by atoms with Crippen molar-refractivity contribution in [2.45, 2.75) is 6.92 Å². The number of hydrogen-bond acceptors (Lipinski definition) is 3. The number of amides is 1. The molecule has 0 aliphatic heterocycles. The molecular formula is C13H17N3OS. The van der Waals surface area contributed by atoms with Crippen LogP contribution >= 0.6 is 11.8 Å². The van der Waals surface area contributed by atoms with Crippen LogP contribution in [0, 0.1) is 5.92 Å². The zero-order valence-electron chi connectivity index (χ0n) is 10.6. The third-order valence-corrected chi connectivity index (χ3v) is 3.65. The molecule has 0 aliphatic rings. The summed E-state index contributed by atoms with van der Waals surface area (Å²) in [6.45, 7) is 2.84. The highest BCUT2D eigenvalue weighted by Gasteiger charge is 2.08. The third-order valence-electron chi connectivity index (χ3n) is 2.74. The zero-order valence-corrected chi connectivity index (χ0v) is 11.4. The Balaban J connectivity index is 1.99. The van der Waals surface area contributed by atoms with E-state index in [0.29, 0.717) is 18.0 Å². The Kier molecular flexibility index (Phi) is 4.25. The van der Waals surface area contributed by atoms with Crippen LogP contribution in [0.3, 0.4) is 0 Å². The quantitative estimate of drug-likeness (QED) is 0.870. The van der Waals surface area contributed by atoms with Crippen molar-refractivity contribution in [2.75, 3.05) is 18.6 Å². The first-order valence-electron chi connectivity index (χ1n) is 5.91. The van der Waals surface area contributed by atoms with Crippen molar-refractivity contribution in [2.24, 2.45) is 5.92 Å². The van der Waals surface area contributed by atoms with E-state index in [-0.39, 0.29) is 5.91 Å². The lowest BCUT2D eigenvalue weighted by atomic mass is 10.1. The summed E-state index contributed by atoms with van der Waals surface area (Å²) < 4.78 is 0. The topological polar surface area (TPSA) is 57.8 Å². The molecule has 1 aromatic heterocycles. The first-order valence-corrected chi connectivity index (χ1v) is 7.30. The SMILES string of the molecule is CSCC(C)CNC(=O)c1ccc2nc[nH]c2c1. The largest absolute Gasteiger partial charge is 0.352 e. The van der Waals surface area contributed by atoms with Gasteiger partial charge in [-0.2, -0.15) is 11.8 Å². The van der Waals surface area contributed by atoms with Gasteiger partial charge in [0.05, 0.1) is 17.4 Å². The summed E-state index contributed by atoms with van der Waals surface area (Å²) in [6, 6.07) is 5.49. The van der Waals surface area contributed by atoms with Crippen LogP contribution in [0.4, 0.5) is 0 Å². The molecule has 1 heterocycles. The molecule has 2 aromatic rings. The Morgan fingerprint density at radius 2 is 2.39 bits per heavy atom. The van der Waals surface area contributed by atoms with Crippen LogP contribution in [-0.2, 0) is 0 Å². The molecule has 0 radical (unpaired) electrons. The number of aromatic amines is 1. The second-order valence-corrected chi connectivity index (χ2v) is 5.32. The molecule has 2 N–H and O–H groups in total. The van der Waals surface area contributed by atoms with Crippen LogP contribution in [-0.4, -0.2) is 34.4 Å². The van der Waals surface area contributed by atoms with Crippen molar-refractivity contribution >= 4 is 28.7 Å². The van der Waals surface area contributed by atoms with Gasteiger partial charge < -0.3 is 10.3 Å². The van der Waals surface area contributed by atoms with E-state index >= 15 is 0 Å². The molecule has 1 unspecified atom stereocenters. The summed E-state index contributed by atoms with van der Waals surface area (Å²) in [5.74, 6) is 1.51. The molecule has 1 atom stereocenters. The fraction of sp³-hybridized carbons (Fsp3) is 0.385. The first kappa shape index (κ1) is 13.0. The zero-order chi connectivity index (χ0) is 13.0. The van der Waals surface area contributed by atoms with Crippen molar-refractivity contribution in [3.8, 4) is 0 Å². The number of hydrogen-bond donors (Lipinski definition) is 2. The van der Waals surface area contributed by atoms with E-state index in [1.165, 1.54) is 0 Å². The monoisotopic (exact) mass is 263 g/mol. The van der Waals surface area contributed by atoms with Crippen molar-refractivity contribution in [1.29, 1.82) is 0 Å². The van der Waals surface area contributed by atoms with Crippen LogP contribution in [0.5, 0.6) is 0 Å². The lowest BCUT2D eigenvalue weighted by Gasteiger charge is -2.11. The van der Waals surface area contributed by atoms with Gasteiger partial charge in [-0.15, -0.1) is 0 Å². The minimum atomic E-state index is -0.0283. The fourth-order valence-electron chi connectivity index (χ4n) is 1.79. The summed E-state index contributed by atoms with van der Waals surface area (Å²) >= 11 is 1.80. The molecule has 18 heavy (non-hydrogen) atoms. The normalized spacial score (nSPS) is 12.6. The fourth-order valence-corrected chi connectivity index (χ4v) is 2.48. The van der Waals surface area contributed by atoms with Crippen molar-refractivity contribution in [1.82, 2.24) is 15.3 Å². The summed E-state index contributed by atoms with van der Waals surface area (Å²) in [7, 11) is 0. The number of fused-ring (bicyclic) bond motifs is 1. The van der Waals surface area contributed by atoms with Gasteiger partial charge in [-0.1, -0.05) is 6.92 Å². The van der Waals surface area contributed by atoms with Crippen LogP contribution in [0.25, 0.3) is 11.0 Å². The molecule has 0 saturated carbocycles. The van der Waals surface area contributed by atoms with Gasteiger partial charge in [0.15, 0.2) is 0 Å². The molecule has 0 aliphatic carbocycles. The lowest BCUT2D eigenvalue weighted by molar-refractivity contribution is 0.0949. The van der Waals surface area contributed by atoms with E-state index in [0.717, 1.165) is 16.8 Å². The van der Waals surface area contributed by atoms with Gasteiger partial charge in [0.1, 0.15) is 0 Å². The summed E-state index contributed by atoms with van der Waals surface area (Å²) in [5.41, 5.74) is 2.44. The lowest BCUT2D eigenvalue weighted by Crippen LogP contribution is -2.29. The molecule has 0 spiro atoms. The second-order valence-electron chi connectivity index (χ2n) is 4.41. The van der Waals surface area contributed by atoms with Crippen LogP contribution in [0.15, 0.2) is 24.5 Å². The molecule has 0 fully saturated rings. The summed E-state index contributed by atoms with van der Waals surface area (Å²) in [6.07, 6.45) is 3.71. The van der Waals surface area contributed by atoms with E-state index in [1.54, 1.807) is 24.2 Å². The number of nitrogens with zero attached hydrogens (tertiary/aromatic N) is 1. The Morgan fingerprint density at radius 3 is 3.17 bits per heavy atom. The van der Waals surface area contributed by atoms with Crippen LogP contribution in [0.2, 0.25) is 0 Å². The molecule has 2 rings (SSSR count). The molecule has 96 valence electrons. The average Bonchev–Trinajstić information content (AvgIpc) is 2.83. The molecule has 0 bridgehead atoms. The maximum atomic E-state index is 12.0. The number of carbonyl (C=O) groups is 1. The molecule has 1 amide bonds. The van der Waals surface area contributed by atoms with E-state index in [4.69, 9.17) is 0 Å². The van der Waals surface area contributed by atoms with Crippen molar-refractivity contribution in [3.63, 3.8) is 0 Å². The number of H-pyrrole nitrogens is 1. The molecule has 5 heteroatoms. The minimum Gasteiger partial charge on any atom is -0.352 e. The smallest absolute Gasteiger partial charge is 0.251 e. The highest BCUT2D eigenvalue weighted by Crippen LogP contribution is 2.11.